The maximum Gasteiger partial charge on any atom is 0.257 e. The van der Waals surface area contributed by atoms with E-state index in [-0.39, 0.29) is 24.3 Å². The molecule has 1 aromatic carbocycles. The lowest BCUT2D eigenvalue weighted by Gasteiger charge is -2.42. The van der Waals surface area contributed by atoms with Crippen LogP contribution in [0.25, 0.3) is 0 Å². The fourth-order valence-corrected chi connectivity index (χ4v) is 6.12. The van der Waals surface area contributed by atoms with Crippen LogP contribution in [0.5, 0.6) is 11.5 Å². The van der Waals surface area contributed by atoms with Gasteiger partial charge < -0.3 is 19.7 Å². The number of benzene rings is 1. The molecule has 2 aliphatic heterocycles. The summed E-state index contributed by atoms with van der Waals surface area (Å²) in [5, 5.41) is 2.93. The van der Waals surface area contributed by atoms with Gasteiger partial charge in [0.05, 0.1) is 11.8 Å². The van der Waals surface area contributed by atoms with Crippen molar-refractivity contribution in [3.8, 4) is 11.5 Å². The van der Waals surface area contributed by atoms with Crippen molar-refractivity contribution in [2.45, 2.75) is 71.4 Å². The number of piperidine rings is 1. The number of carbonyl (C=O) groups excluding carboxylic acids is 1. The molecule has 1 amide bonds. The highest BCUT2D eigenvalue weighted by molar-refractivity contribution is 7.89. The molecule has 1 N–H and O–H groups in total. The van der Waals surface area contributed by atoms with Gasteiger partial charge in [-0.25, -0.2) is 8.42 Å². The van der Waals surface area contributed by atoms with Crippen molar-refractivity contribution in [1.29, 1.82) is 0 Å². The molecule has 0 saturated carbocycles. The van der Waals surface area contributed by atoms with Crippen LogP contribution in [0.4, 0.5) is 0 Å². The van der Waals surface area contributed by atoms with E-state index in [1.54, 1.807) is 17.3 Å². The van der Waals surface area contributed by atoms with Crippen LogP contribution in [0.15, 0.2) is 18.2 Å². The van der Waals surface area contributed by atoms with E-state index in [2.05, 4.69) is 10.2 Å². The van der Waals surface area contributed by atoms with Gasteiger partial charge in [-0.2, -0.15) is 4.31 Å². The van der Waals surface area contributed by atoms with Gasteiger partial charge in [-0.15, -0.1) is 0 Å². The van der Waals surface area contributed by atoms with Crippen molar-refractivity contribution < 1.29 is 22.7 Å². The van der Waals surface area contributed by atoms with E-state index in [1.165, 1.54) is 19.3 Å². The van der Waals surface area contributed by atoms with Gasteiger partial charge in [-0.1, -0.05) is 13.3 Å². The number of rotatable bonds is 11. The molecule has 9 heteroatoms. The van der Waals surface area contributed by atoms with Gasteiger partial charge in [0, 0.05) is 31.6 Å². The Hall–Kier alpha value is -1.84. The molecule has 0 aromatic heterocycles. The minimum atomic E-state index is -3.40. The van der Waals surface area contributed by atoms with Crippen molar-refractivity contribution >= 4 is 15.9 Å². The van der Waals surface area contributed by atoms with Gasteiger partial charge in [-0.05, 0) is 71.3 Å². The number of fused-ring (bicyclic) bond motifs is 1. The number of ether oxygens (including phenoxy) is 2. The number of nitrogens with zero attached hydrogens (tertiary/aromatic N) is 2. The topological polar surface area (TPSA) is 88.2 Å². The zero-order chi connectivity index (χ0) is 24.8. The second kappa shape index (κ2) is 11.7. The smallest absolute Gasteiger partial charge is 0.257 e. The predicted octanol–water partition coefficient (Wildman–Crippen LogP) is 3.33. The van der Waals surface area contributed by atoms with Crippen LogP contribution >= 0.6 is 0 Å². The van der Waals surface area contributed by atoms with Crippen molar-refractivity contribution in [3.05, 3.63) is 23.8 Å². The lowest BCUT2D eigenvalue weighted by Crippen LogP contribution is -2.44. The molecule has 2 aliphatic rings. The summed E-state index contributed by atoms with van der Waals surface area (Å²) in [6.45, 7) is 11.6. The molecular weight excluding hydrogens is 454 g/mol. The van der Waals surface area contributed by atoms with Crippen LogP contribution < -0.4 is 14.8 Å². The molecule has 192 valence electrons. The molecule has 1 atom stereocenters. The molecule has 0 aliphatic carbocycles. The fourth-order valence-electron chi connectivity index (χ4n) is 4.75. The second-order valence-corrected chi connectivity index (χ2v) is 12.0. The van der Waals surface area contributed by atoms with E-state index in [1.807, 2.05) is 32.9 Å². The third-order valence-corrected chi connectivity index (χ3v) is 8.38. The van der Waals surface area contributed by atoms with E-state index in [9.17, 15) is 13.2 Å². The highest BCUT2D eigenvalue weighted by Gasteiger charge is 2.40. The Kier molecular flexibility index (Phi) is 9.23. The molecule has 2 heterocycles. The van der Waals surface area contributed by atoms with Crippen LogP contribution in [0.3, 0.4) is 0 Å². The van der Waals surface area contributed by atoms with Gasteiger partial charge >= 0.3 is 0 Å². The quantitative estimate of drug-likeness (QED) is 0.507. The Morgan fingerprint density at radius 2 is 1.97 bits per heavy atom. The molecule has 34 heavy (non-hydrogen) atoms. The number of sulfonamides is 1. The zero-order valence-corrected chi connectivity index (χ0v) is 22.0. The highest BCUT2D eigenvalue weighted by atomic mass is 32.2. The molecule has 1 saturated heterocycles. The number of amides is 1. The molecule has 8 nitrogen and oxygen atoms in total. The molecule has 1 aromatic rings. The SMILES string of the molecule is CCCN(C1CC(C)(C)Oc2ccc(OCC(=O)NCCN3CCCCC3)cc21)S(=O)(=O)CC. The first-order chi connectivity index (χ1) is 16.1. The van der Waals surface area contributed by atoms with E-state index < -0.39 is 15.6 Å². The maximum absolute atomic E-state index is 12.9. The number of hydrogen-bond acceptors (Lipinski definition) is 6. The normalized spacial score (nSPS) is 20.4. The Balaban J connectivity index is 1.67. The Morgan fingerprint density at radius 3 is 2.65 bits per heavy atom. The Labute approximate surface area is 205 Å². The van der Waals surface area contributed by atoms with Gasteiger partial charge in [0.2, 0.25) is 10.0 Å². The molecule has 3 rings (SSSR count). The predicted molar refractivity (Wildman–Crippen MR) is 134 cm³/mol. The largest absolute Gasteiger partial charge is 0.487 e. The molecule has 0 spiro atoms. The number of likely N-dealkylation sites (tertiary alicyclic amines) is 1. The summed E-state index contributed by atoms with van der Waals surface area (Å²) < 4.78 is 39.4. The van der Waals surface area contributed by atoms with Crippen molar-refractivity contribution in [2.24, 2.45) is 0 Å². The minimum Gasteiger partial charge on any atom is -0.487 e. The molecule has 0 bridgehead atoms. The average molecular weight is 496 g/mol. The van der Waals surface area contributed by atoms with Gasteiger partial charge in [0.1, 0.15) is 17.1 Å². The standard InChI is InChI=1S/C25H41N3O5S/c1-5-13-28(34(30,31)6-2)22-18-25(3,4)33-23-11-10-20(17-21(22)23)32-19-24(29)26-12-16-27-14-8-7-9-15-27/h10-11,17,22H,5-9,12-16,18-19H2,1-4H3,(H,26,29). The van der Waals surface area contributed by atoms with E-state index in [4.69, 9.17) is 9.47 Å². The first-order valence-corrected chi connectivity index (χ1v) is 14.2. The van der Waals surface area contributed by atoms with E-state index in [0.29, 0.717) is 31.0 Å². The van der Waals surface area contributed by atoms with Gasteiger partial charge in [0.15, 0.2) is 6.61 Å². The van der Waals surface area contributed by atoms with Gasteiger partial charge in [0.25, 0.3) is 5.91 Å². The zero-order valence-electron chi connectivity index (χ0n) is 21.1. The van der Waals surface area contributed by atoms with Crippen LogP contribution in [-0.2, 0) is 14.8 Å². The van der Waals surface area contributed by atoms with E-state index >= 15 is 0 Å². The van der Waals surface area contributed by atoms with Crippen molar-refractivity contribution in [1.82, 2.24) is 14.5 Å². The van der Waals surface area contributed by atoms with Crippen LogP contribution in [-0.4, -0.2) is 74.2 Å². The average Bonchev–Trinajstić information content (AvgIpc) is 2.81. The summed E-state index contributed by atoms with van der Waals surface area (Å²) in [5.41, 5.74) is 0.289. The monoisotopic (exact) mass is 495 g/mol. The van der Waals surface area contributed by atoms with Gasteiger partial charge in [-0.3, -0.25) is 4.79 Å². The maximum atomic E-state index is 12.9. The lowest BCUT2D eigenvalue weighted by atomic mass is 9.89. The van der Waals surface area contributed by atoms with Crippen LogP contribution in [0.2, 0.25) is 0 Å². The highest BCUT2D eigenvalue weighted by Crippen LogP contribution is 2.45. The van der Waals surface area contributed by atoms with Crippen LogP contribution in [0, 0.1) is 0 Å². The number of nitrogens with one attached hydrogen (secondary N) is 1. The first-order valence-electron chi connectivity index (χ1n) is 12.6. The molecule has 0 radical (unpaired) electrons. The summed E-state index contributed by atoms with van der Waals surface area (Å²) >= 11 is 0. The molecule has 1 unspecified atom stereocenters. The third kappa shape index (κ3) is 7.09. The van der Waals surface area contributed by atoms with E-state index in [0.717, 1.165) is 31.6 Å². The summed E-state index contributed by atoms with van der Waals surface area (Å²) in [6.07, 6.45) is 5.01. The third-order valence-electron chi connectivity index (χ3n) is 6.49. The Bertz CT molecular complexity index is 928. The van der Waals surface area contributed by atoms with Crippen molar-refractivity contribution in [2.75, 3.05) is 45.1 Å². The Morgan fingerprint density at radius 1 is 1.24 bits per heavy atom. The summed E-state index contributed by atoms with van der Waals surface area (Å²) in [4.78, 5) is 14.7. The minimum absolute atomic E-state index is 0.0495. The van der Waals surface area contributed by atoms with Crippen molar-refractivity contribution in [3.63, 3.8) is 0 Å². The molecule has 1 fully saturated rings. The number of hydrogen-bond donors (Lipinski definition) is 1. The van der Waals surface area contributed by atoms with Crippen LogP contribution in [0.1, 0.15) is 71.4 Å². The summed E-state index contributed by atoms with van der Waals surface area (Å²) in [7, 11) is -3.40. The number of carbonyl (C=O) groups is 1. The lowest BCUT2D eigenvalue weighted by molar-refractivity contribution is -0.123. The second-order valence-electron chi connectivity index (χ2n) is 9.83. The summed E-state index contributed by atoms with van der Waals surface area (Å²) in [5.74, 6) is 1.08. The first kappa shape index (κ1) is 26.8. The summed E-state index contributed by atoms with van der Waals surface area (Å²) in [6, 6.07) is 5.07. The fraction of sp³-hybridized carbons (Fsp3) is 0.720. The molecular formula is C25H41N3O5S.